The third kappa shape index (κ3) is 3.24. The number of hydrogen-bond acceptors (Lipinski definition) is 1. The van der Waals surface area contributed by atoms with E-state index in [4.69, 9.17) is 0 Å². The zero-order valence-electron chi connectivity index (χ0n) is 10.3. The van der Waals surface area contributed by atoms with Crippen molar-refractivity contribution in [1.82, 2.24) is 4.90 Å². The molecule has 0 atom stereocenters. The van der Waals surface area contributed by atoms with E-state index in [-0.39, 0.29) is 0 Å². The van der Waals surface area contributed by atoms with Gasteiger partial charge in [0.15, 0.2) is 5.57 Å². The summed E-state index contributed by atoms with van der Waals surface area (Å²) >= 11 is 0. The van der Waals surface area contributed by atoms with Crippen LogP contribution in [0.25, 0.3) is 0 Å². The van der Waals surface area contributed by atoms with Gasteiger partial charge in [0, 0.05) is 6.54 Å². The molecule has 0 aromatic heterocycles. The fourth-order valence-corrected chi connectivity index (χ4v) is 1.15. The highest BCUT2D eigenvalue weighted by molar-refractivity contribution is 5.26. The van der Waals surface area contributed by atoms with Crippen molar-refractivity contribution in [3.05, 3.63) is 11.7 Å². The number of nitrogens with zero attached hydrogens (tertiary/aromatic N) is 1. The summed E-state index contributed by atoms with van der Waals surface area (Å²) < 4.78 is 138. The van der Waals surface area contributed by atoms with Gasteiger partial charge < -0.3 is 0 Å². The quantitative estimate of drug-likeness (QED) is 0.526. The predicted octanol–water partition coefficient (Wildman–Crippen LogP) is 4.51. The molecule has 0 saturated heterocycles. The molecule has 0 aliphatic carbocycles. The van der Waals surface area contributed by atoms with Crippen molar-refractivity contribution in [2.75, 3.05) is 13.6 Å². The van der Waals surface area contributed by atoms with E-state index in [1.165, 1.54) is 0 Å². The van der Waals surface area contributed by atoms with Gasteiger partial charge in [-0.1, -0.05) is 6.92 Å². The van der Waals surface area contributed by atoms with Crippen molar-refractivity contribution >= 4 is 0 Å². The Bertz CT molecular complexity index is 404. The summed E-state index contributed by atoms with van der Waals surface area (Å²) in [4.78, 5) is -0.526. The molecule has 21 heavy (non-hydrogen) atoms. The van der Waals surface area contributed by atoms with E-state index >= 15 is 0 Å². The Kier molecular flexibility index (Phi) is 5.33. The van der Waals surface area contributed by atoms with E-state index in [0.717, 1.165) is 6.92 Å². The first kappa shape index (κ1) is 19.9. The molecular weight excluding hydrogens is 331 g/mol. The third-order valence-electron chi connectivity index (χ3n) is 2.51. The summed E-state index contributed by atoms with van der Waals surface area (Å²) in [6, 6.07) is -5.41. The number of halogens is 11. The summed E-state index contributed by atoms with van der Waals surface area (Å²) in [6.07, 6.45) is -11.0. The summed E-state index contributed by atoms with van der Waals surface area (Å²) in [6.45, 7) is -0.0147. The Labute approximate surface area is 111 Å². The third-order valence-corrected chi connectivity index (χ3v) is 2.51. The van der Waals surface area contributed by atoms with Crippen LogP contribution in [0.2, 0.25) is 0 Å². The molecule has 0 rings (SSSR count). The lowest BCUT2D eigenvalue weighted by Gasteiger charge is -2.35. The van der Waals surface area contributed by atoms with Crippen LogP contribution in [-0.2, 0) is 0 Å². The number of alkyl halides is 9. The SMILES string of the molecule is CCN(C)C(F)(F)C(=C(F)F)C(F)(F)C(F)(F)C(F)(F)F. The Morgan fingerprint density at radius 1 is 0.857 bits per heavy atom. The molecule has 0 aliphatic rings. The molecule has 0 saturated carbocycles. The Balaban J connectivity index is 6.23. The van der Waals surface area contributed by atoms with Crippen molar-refractivity contribution in [1.29, 1.82) is 0 Å². The standard InChI is InChI=1S/C9H8F11N/c1-3-21(2)7(14,15)4(5(10)11)6(12,13)8(16,17)9(18,19)20/h3H2,1-2H3. The van der Waals surface area contributed by atoms with E-state index < -0.39 is 47.2 Å². The molecule has 0 radical (unpaired) electrons. The molecule has 0 aliphatic heterocycles. The van der Waals surface area contributed by atoms with Crippen LogP contribution in [-0.4, -0.2) is 42.6 Å². The molecule has 1 nitrogen and oxygen atoms in total. The van der Waals surface area contributed by atoms with Gasteiger partial charge in [-0.3, -0.25) is 0 Å². The van der Waals surface area contributed by atoms with Crippen LogP contribution in [0.5, 0.6) is 0 Å². The molecule has 0 N–H and O–H groups in total. The fourth-order valence-electron chi connectivity index (χ4n) is 1.15. The Morgan fingerprint density at radius 2 is 1.24 bits per heavy atom. The van der Waals surface area contributed by atoms with Crippen LogP contribution < -0.4 is 0 Å². The van der Waals surface area contributed by atoms with Gasteiger partial charge in [-0.15, -0.1) is 0 Å². The maximum absolute atomic E-state index is 13.4. The van der Waals surface area contributed by atoms with Crippen molar-refractivity contribution in [2.45, 2.75) is 31.0 Å². The normalized spacial score (nSPS) is 14.6. The van der Waals surface area contributed by atoms with Gasteiger partial charge in [0.1, 0.15) is 0 Å². The highest BCUT2D eigenvalue weighted by atomic mass is 19.4. The van der Waals surface area contributed by atoms with Gasteiger partial charge in [0.2, 0.25) is 0 Å². The summed E-state index contributed by atoms with van der Waals surface area (Å²) in [5, 5.41) is 0. The highest BCUT2D eigenvalue weighted by Gasteiger charge is 2.78. The molecule has 0 aromatic carbocycles. The first-order valence-electron chi connectivity index (χ1n) is 5.02. The van der Waals surface area contributed by atoms with Crippen LogP contribution in [0.3, 0.4) is 0 Å². The van der Waals surface area contributed by atoms with Crippen LogP contribution >= 0.6 is 0 Å². The van der Waals surface area contributed by atoms with E-state index in [1.54, 1.807) is 0 Å². The van der Waals surface area contributed by atoms with Gasteiger partial charge in [-0.05, 0) is 7.05 Å². The van der Waals surface area contributed by atoms with E-state index in [2.05, 4.69) is 0 Å². The zero-order chi connectivity index (χ0) is 17.4. The first-order chi connectivity index (χ1) is 9.05. The number of rotatable bonds is 5. The lowest BCUT2D eigenvalue weighted by Crippen LogP contribution is -2.58. The van der Waals surface area contributed by atoms with Crippen molar-refractivity contribution in [3.8, 4) is 0 Å². The average Bonchev–Trinajstić information content (AvgIpc) is 2.24. The zero-order valence-corrected chi connectivity index (χ0v) is 10.3. The molecule has 0 fully saturated rings. The molecule has 0 aromatic rings. The van der Waals surface area contributed by atoms with Crippen molar-refractivity contribution in [2.24, 2.45) is 0 Å². The van der Waals surface area contributed by atoms with E-state index in [1.807, 2.05) is 0 Å². The molecule has 126 valence electrons. The molecule has 0 spiro atoms. The van der Waals surface area contributed by atoms with E-state index in [9.17, 15) is 48.3 Å². The van der Waals surface area contributed by atoms with Crippen molar-refractivity contribution < 1.29 is 48.3 Å². The minimum absolute atomic E-state index is 0.296. The van der Waals surface area contributed by atoms with Crippen LogP contribution in [0.1, 0.15) is 6.92 Å². The summed E-state index contributed by atoms with van der Waals surface area (Å²) in [5.74, 6) is -13.9. The number of hydrogen-bond donors (Lipinski definition) is 0. The lowest BCUT2D eigenvalue weighted by molar-refractivity contribution is -0.351. The topological polar surface area (TPSA) is 3.24 Å². The average molecular weight is 339 g/mol. The Morgan fingerprint density at radius 3 is 1.48 bits per heavy atom. The molecule has 0 amide bonds. The molecule has 12 heteroatoms. The maximum atomic E-state index is 13.4. The van der Waals surface area contributed by atoms with E-state index in [0.29, 0.717) is 7.05 Å². The lowest BCUT2D eigenvalue weighted by atomic mass is 10.00. The van der Waals surface area contributed by atoms with Gasteiger partial charge in [0.25, 0.3) is 6.08 Å². The van der Waals surface area contributed by atoms with Gasteiger partial charge in [-0.25, -0.2) is 4.90 Å². The monoisotopic (exact) mass is 339 g/mol. The van der Waals surface area contributed by atoms with Gasteiger partial charge in [0.05, 0.1) is 0 Å². The fraction of sp³-hybridized carbons (Fsp3) is 0.778. The molecule has 0 unspecified atom stereocenters. The first-order valence-corrected chi connectivity index (χ1v) is 5.02. The van der Waals surface area contributed by atoms with Crippen LogP contribution in [0.15, 0.2) is 11.7 Å². The smallest absolute Gasteiger partial charge is 0.244 e. The van der Waals surface area contributed by atoms with Crippen molar-refractivity contribution in [3.63, 3.8) is 0 Å². The minimum Gasteiger partial charge on any atom is -0.244 e. The second kappa shape index (κ2) is 5.61. The number of likely N-dealkylation sites (N-methyl/N-ethyl adjacent to an activating group) is 1. The second-order valence-electron chi connectivity index (χ2n) is 3.84. The molecular formula is C9H8F11N. The summed E-state index contributed by atoms with van der Waals surface area (Å²) in [7, 11) is 0.296. The second-order valence-corrected chi connectivity index (χ2v) is 3.84. The summed E-state index contributed by atoms with van der Waals surface area (Å²) in [5.41, 5.74) is -3.89. The Hall–Kier alpha value is -1.07. The van der Waals surface area contributed by atoms with Crippen LogP contribution in [0, 0.1) is 0 Å². The highest BCUT2D eigenvalue weighted by Crippen LogP contribution is 2.54. The predicted molar refractivity (Wildman–Crippen MR) is 48.4 cm³/mol. The van der Waals surface area contributed by atoms with Gasteiger partial charge >= 0.3 is 24.1 Å². The van der Waals surface area contributed by atoms with Gasteiger partial charge in [-0.2, -0.15) is 48.3 Å². The maximum Gasteiger partial charge on any atom is 0.460 e. The molecule has 0 heterocycles. The molecule has 0 bridgehead atoms. The largest absolute Gasteiger partial charge is 0.460 e. The van der Waals surface area contributed by atoms with Crippen LogP contribution in [0.4, 0.5) is 48.3 Å². The minimum atomic E-state index is -7.10.